The summed E-state index contributed by atoms with van der Waals surface area (Å²) >= 11 is 1.53. The summed E-state index contributed by atoms with van der Waals surface area (Å²) in [6.45, 7) is 4.64. The summed E-state index contributed by atoms with van der Waals surface area (Å²) in [4.78, 5) is 0. The van der Waals surface area contributed by atoms with Gasteiger partial charge in [-0.25, -0.2) is 4.68 Å². The van der Waals surface area contributed by atoms with Crippen molar-refractivity contribution in [2.24, 2.45) is 0 Å². The minimum Gasteiger partial charge on any atom is -0.497 e. The van der Waals surface area contributed by atoms with Gasteiger partial charge in [0.25, 0.3) is 0 Å². The van der Waals surface area contributed by atoms with Gasteiger partial charge in [-0.2, -0.15) is 0 Å². The third-order valence-electron chi connectivity index (χ3n) is 2.85. The number of hydrogen-bond acceptors (Lipinski definition) is 6. The molecule has 0 saturated carbocycles. The number of thioether (sulfide) groups is 1. The first-order valence-electron chi connectivity index (χ1n) is 6.72. The summed E-state index contributed by atoms with van der Waals surface area (Å²) < 4.78 is 12.3. The van der Waals surface area contributed by atoms with Gasteiger partial charge in [-0.3, -0.25) is 0 Å². The molecule has 1 aromatic heterocycles. The SMILES string of the molecule is COc1ccc(OCCSc2nnc(C(C)C)n2N)cc1. The van der Waals surface area contributed by atoms with E-state index in [9.17, 15) is 0 Å². The zero-order valence-corrected chi connectivity index (χ0v) is 13.3. The van der Waals surface area contributed by atoms with E-state index in [1.807, 2.05) is 38.1 Å². The van der Waals surface area contributed by atoms with Gasteiger partial charge in [-0.05, 0) is 24.3 Å². The molecule has 0 bridgehead atoms. The standard InChI is InChI=1S/C14H20N4O2S/c1-10(2)13-16-17-14(18(13)15)21-9-8-20-12-6-4-11(19-3)5-7-12/h4-7,10H,8-9,15H2,1-3H3. The Kier molecular flexibility index (Phi) is 5.32. The van der Waals surface area contributed by atoms with E-state index >= 15 is 0 Å². The lowest BCUT2D eigenvalue weighted by Crippen LogP contribution is -2.15. The largest absolute Gasteiger partial charge is 0.497 e. The van der Waals surface area contributed by atoms with Gasteiger partial charge in [-0.1, -0.05) is 25.6 Å². The van der Waals surface area contributed by atoms with Gasteiger partial charge in [-0.15, -0.1) is 10.2 Å². The molecule has 0 fully saturated rings. The minimum absolute atomic E-state index is 0.257. The molecule has 114 valence electrons. The number of benzene rings is 1. The molecule has 0 atom stereocenters. The van der Waals surface area contributed by atoms with Crippen molar-refractivity contribution < 1.29 is 9.47 Å². The molecule has 2 rings (SSSR count). The normalized spacial score (nSPS) is 10.9. The Balaban J connectivity index is 1.79. The number of methoxy groups -OCH3 is 1. The molecule has 7 heteroatoms. The molecule has 0 amide bonds. The molecule has 0 aliphatic carbocycles. The fourth-order valence-electron chi connectivity index (χ4n) is 1.74. The van der Waals surface area contributed by atoms with Crippen LogP contribution in [-0.4, -0.2) is 34.3 Å². The Morgan fingerprint density at radius 1 is 1.19 bits per heavy atom. The maximum Gasteiger partial charge on any atom is 0.209 e. The Labute approximate surface area is 128 Å². The van der Waals surface area contributed by atoms with Crippen LogP contribution in [0, 0.1) is 0 Å². The first kappa shape index (κ1) is 15.5. The highest BCUT2D eigenvalue weighted by atomic mass is 32.2. The number of nitrogens with zero attached hydrogens (tertiary/aromatic N) is 3. The van der Waals surface area contributed by atoms with Crippen LogP contribution in [0.15, 0.2) is 29.4 Å². The highest BCUT2D eigenvalue weighted by Crippen LogP contribution is 2.20. The Morgan fingerprint density at radius 3 is 2.43 bits per heavy atom. The molecular weight excluding hydrogens is 288 g/mol. The number of nitrogens with two attached hydrogens (primary N) is 1. The summed E-state index contributed by atoms with van der Waals surface area (Å²) in [5.41, 5.74) is 0. The molecule has 6 nitrogen and oxygen atoms in total. The second-order valence-corrected chi connectivity index (χ2v) is 5.80. The van der Waals surface area contributed by atoms with Crippen LogP contribution in [0.2, 0.25) is 0 Å². The molecule has 2 N–H and O–H groups in total. The molecule has 0 radical (unpaired) electrons. The van der Waals surface area contributed by atoms with Crippen LogP contribution in [0.3, 0.4) is 0 Å². The molecule has 1 aromatic carbocycles. The van der Waals surface area contributed by atoms with E-state index in [-0.39, 0.29) is 5.92 Å². The van der Waals surface area contributed by atoms with Gasteiger partial charge in [0.15, 0.2) is 5.82 Å². The quantitative estimate of drug-likeness (QED) is 0.480. The fourth-order valence-corrected chi connectivity index (χ4v) is 2.43. The van der Waals surface area contributed by atoms with Crippen molar-refractivity contribution in [3.63, 3.8) is 0 Å². The van der Waals surface area contributed by atoms with Crippen molar-refractivity contribution in [3.8, 4) is 11.5 Å². The third kappa shape index (κ3) is 4.04. The second-order valence-electron chi connectivity index (χ2n) is 4.74. The first-order chi connectivity index (χ1) is 10.1. The summed E-state index contributed by atoms with van der Waals surface area (Å²) in [5, 5.41) is 8.87. The average Bonchev–Trinajstić information content (AvgIpc) is 2.85. The monoisotopic (exact) mass is 308 g/mol. The maximum atomic E-state index is 5.95. The number of nitrogen functional groups attached to an aromatic ring is 1. The van der Waals surface area contributed by atoms with E-state index in [4.69, 9.17) is 15.3 Å². The van der Waals surface area contributed by atoms with E-state index in [1.54, 1.807) is 11.8 Å². The zero-order chi connectivity index (χ0) is 15.2. The van der Waals surface area contributed by atoms with E-state index in [1.165, 1.54) is 11.8 Å². The van der Waals surface area contributed by atoms with Crippen LogP contribution in [-0.2, 0) is 0 Å². The Morgan fingerprint density at radius 2 is 1.86 bits per heavy atom. The predicted molar refractivity (Wildman–Crippen MR) is 83.5 cm³/mol. The van der Waals surface area contributed by atoms with Crippen LogP contribution < -0.4 is 15.3 Å². The highest BCUT2D eigenvalue weighted by Gasteiger charge is 2.12. The van der Waals surface area contributed by atoms with Crippen molar-refractivity contribution in [1.82, 2.24) is 14.9 Å². The van der Waals surface area contributed by atoms with Gasteiger partial charge in [0.2, 0.25) is 5.16 Å². The van der Waals surface area contributed by atoms with Gasteiger partial charge < -0.3 is 15.3 Å². The fraction of sp³-hybridized carbons (Fsp3) is 0.429. The van der Waals surface area contributed by atoms with Crippen molar-refractivity contribution in [1.29, 1.82) is 0 Å². The van der Waals surface area contributed by atoms with Gasteiger partial charge in [0.05, 0.1) is 13.7 Å². The Bertz CT molecular complexity index is 569. The molecule has 0 unspecified atom stereocenters. The van der Waals surface area contributed by atoms with E-state index in [2.05, 4.69) is 10.2 Å². The molecule has 0 aliphatic heterocycles. The van der Waals surface area contributed by atoms with Crippen molar-refractivity contribution in [2.75, 3.05) is 25.3 Å². The van der Waals surface area contributed by atoms with Crippen molar-refractivity contribution in [3.05, 3.63) is 30.1 Å². The first-order valence-corrected chi connectivity index (χ1v) is 7.70. The molecule has 21 heavy (non-hydrogen) atoms. The van der Waals surface area contributed by atoms with E-state index < -0.39 is 0 Å². The lowest BCUT2D eigenvalue weighted by atomic mass is 10.2. The van der Waals surface area contributed by atoms with Crippen LogP contribution >= 0.6 is 11.8 Å². The zero-order valence-electron chi connectivity index (χ0n) is 12.4. The smallest absolute Gasteiger partial charge is 0.209 e. The summed E-state index contributed by atoms with van der Waals surface area (Å²) in [7, 11) is 1.64. The maximum absolute atomic E-state index is 5.95. The Hall–Kier alpha value is -1.89. The predicted octanol–water partition coefficient (Wildman–Crippen LogP) is 2.30. The van der Waals surface area contributed by atoms with Gasteiger partial charge in [0, 0.05) is 11.7 Å². The molecule has 0 aliphatic rings. The van der Waals surface area contributed by atoms with Gasteiger partial charge in [0.1, 0.15) is 11.5 Å². The molecular formula is C14H20N4O2S. The summed E-state index contributed by atoms with van der Waals surface area (Å²) in [5.74, 6) is 9.37. The minimum atomic E-state index is 0.257. The van der Waals surface area contributed by atoms with E-state index in [0.29, 0.717) is 11.8 Å². The summed E-state index contributed by atoms with van der Waals surface area (Å²) in [6, 6.07) is 7.50. The number of aromatic nitrogens is 3. The number of rotatable bonds is 7. The lowest BCUT2D eigenvalue weighted by Gasteiger charge is -2.07. The van der Waals surface area contributed by atoms with Crippen molar-refractivity contribution >= 4 is 11.8 Å². The topological polar surface area (TPSA) is 75.2 Å². The molecule has 2 aromatic rings. The van der Waals surface area contributed by atoms with Crippen LogP contribution in [0.4, 0.5) is 0 Å². The third-order valence-corrected chi connectivity index (χ3v) is 3.76. The van der Waals surface area contributed by atoms with Gasteiger partial charge >= 0.3 is 0 Å². The average molecular weight is 308 g/mol. The van der Waals surface area contributed by atoms with E-state index in [0.717, 1.165) is 23.1 Å². The molecule has 1 heterocycles. The highest BCUT2D eigenvalue weighted by molar-refractivity contribution is 7.99. The molecule has 0 spiro atoms. The molecule has 0 saturated heterocycles. The van der Waals surface area contributed by atoms with Crippen LogP contribution in [0.1, 0.15) is 25.6 Å². The lowest BCUT2D eigenvalue weighted by molar-refractivity contribution is 0.342. The second kappa shape index (κ2) is 7.21. The van der Waals surface area contributed by atoms with Crippen LogP contribution in [0.5, 0.6) is 11.5 Å². The van der Waals surface area contributed by atoms with Crippen LogP contribution in [0.25, 0.3) is 0 Å². The summed E-state index contributed by atoms with van der Waals surface area (Å²) in [6.07, 6.45) is 0. The number of hydrogen-bond donors (Lipinski definition) is 1. The number of ether oxygens (including phenoxy) is 2. The van der Waals surface area contributed by atoms with Crippen molar-refractivity contribution in [2.45, 2.75) is 24.9 Å².